The average molecular weight is 619 g/mol. The maximum absolute atomic E-state index is 14.8. The number of rotatable bonds is 10. The Balaban J connectivity index is 1.65. The van der Waals surface area contributed by atoms with Crippen LogP contribution in [0.4, 0.5) is 27.6 Å². The maximum atomic E-state index is 14.8. The van der Waals surface area contributed by atoms with Gasteiger partial charge in [0.1, 0.15) is 35.0 Å². The molecule has 4 rings (SSSR count). The summed E-state index contributed by atoms with van der Waals surface area (Å²) in [4.78, 5) is 42.3. The second kappa shape index (κ2) is 12.7. The summed E-state index contributed by atoms with van der Waals surface area (Å²) in [5.74, 6) is -5.48. The van der Waals surface area contributed by atoms with E-state index in [0.717, 1.165) is 0 Å². The summed E-state index contributed by atoms with van der Waals surface area (Å²) in [6, 6.07) is 5.20. The van der Waals surface area contributed by atoms with Gasteiger partial charge in [-0.15, -0.1) is 0 Å². The topological polar surface area (TPSA) is 123 Å². The molecule has 0 aliphatic rings. The van der Waals surface area contributed by atoms with Gasteiger partial charge in [0.2, 0.25) is 0 Å². The molecule has 0 saturated carbocycles. The highest BCUT2D eigenvalue weighted by atomic mass is 19.4. The molecule has 0 aliphatic carbocycles. The number of aliphatic carboxylic acids is 1. The van der Waals surface area contributed by atoms with Crippen molar-refractivity contribution in [3.05, 3.63) is 88.0 Å². The van der Waals surface area contributed by atoms with E-state index in [-0.39, 0.29) is 17.5 Å². The molecular formula is C30H27F5N4O5. The fourth-order valence-electron chi connectivity index (χ4n) is 4.75. The lowest BCUT2D eigenvalue weighted by atomic mass is 9.95. The van der Waals surface area contributed by atoms with Crippen LogP contribution in [0, 0.1) is 11.6 Å². The van der Waals surface area contributed by atoms with Crippen molar-refractivity contribution in [2.45, 2.75) is 38.0 Å². The number of alkyl halides is 3. The molecule has 2 atom stereocenters. The van der Waals surface area contributed by atoms with Gasteiger partial charge in [-0.05, 0) is 36.2 Å². The minimum absolute atomic E-state index is 0.273. The number of methoxy groups -OCH3 is 1. The van der Waals surface area contributed by atoms with Gasteiger partial charge in [0, 0.05) is 42.5 Å². The third-order valence-electron chi connectivity index (χ3n) is 6.98. The predicted octanol–water partition coefficient (Wildman–Crippen LogP) is 5.07. The summed E-state index contributed by atoms with van der Waals surface area (Å²) in [5, 5.41) is 14.4. The molecule has 0 unspecified atom stereocenters. The number of hydrogen-bond donors (Lipinski definition) is 3. The van der Waals surface area contributed by atoms with Gasteiger partial charge in [0.15, 0.2) is 0 Å². The van der Waals surface area contributed by atoms with Gasteiger partial charge < -0.3 is 25.0 Å². The van der Waals surface area contributed by atoms with Gasteiger partial charge in [-0.25, -0.2) is 13.6 Å². The second-order valence-electron chi connectivity index (χ2n) is 9.91. The van der Waals surface area contributed by atoms with Crippen LogP contribution < -0.4 is 20.9 Å². The van der Waals surface area contributed by atoms with Crippen LogP contribution in [0.15, 0.2) is 59.7 Å². The van der Waals surface area contributed by atoms with Gasteiger partial charge >= 0.3 is 12.1 Å². The standard InChI is InChI=1S/C30H27F5N4O5/c1-4-24(30(33,34)35)37-16-11-21(31)25(22(32)12-16)27(40)38-23(29(42)43)10-15-7-8-19(26-18(15)6-5-9-36-26)20-13-17(44-3)14-39(2)28(20)41/h5-9,11-14,23-24,37H,4,10H2,1-3H3,(H,38,40)(H,42,43)/t23-,24+/m0/s1. The summed E-state index contributed by atoms with van der Waals surface area (Å²) in [5.41, 5.74) is -0.575. The molecule has 1 amide bonds. The number of nitrogens with one attached hydrogen (secondary N) is 2. The molecule has 0 bridgehead atoms. The summed E-state index contributed by atoms with van der Waals surface area (Å²) >= 11 is 0. The third-order valence-corrected chi connectivity index (χ3v) is 6.98. The largest absolute Gasteiger partial charge is 0.495 e. The van der Waals surface area contributed by atoms with Crippen molar-refractivity contribution in [2.75, 3.05) is 12.4 Å². The lowest BCUT2D eigenvalue weighted by molar-refractivity contribution is -0.143. The first-order valence-corrected chi connectivity index (χ1v) is 13.2. The molecule has 2 aromatic carbocycles. The minimum Gasteiger partial charge on any atom is -0.495 e. The van der Waals surface area contributed by atoms with E-state index >= 15 is 0 Å². The molecule has 14 heteroatoms. The molecular weight excluding hydrogens is 591 g/mol. The smallest absolute Gasteiger partial charge is 0.408 e. The number of carboxylic acids is 1. The molecule has 0 radical (unpaired) electrons. The Morgan fingerprint density at radius 2 is 1.77 bits per heavy atom. The van der Waals surface area contributed by atoms with Gasteiger partial charge in [-0.1, -0.05) is 25.1 Å². The van der Waals surface area contributed by atoms with Crippen molar-refractivity contribution in [2.24, 2.45) is 7.05 Å². The molecule has 0 aliphatic heterocycles. The number of pyridine rings is 2. The van der Waals surface area contributed by atoms with Gasteiger partial charge in [0.25, 0.3) is 11.5 Å². The molecule has 4 aromatic rings. The van der Waals surface area contributed by atoms with Crippen LogP contribution in [0.1, 0.15) is 29.3 Å². The number of carboxylic acid groups (broad SMARTS) is 1. The number of carbonyl (C=O) groups excluding carboxylic acids is 1. The monoisotopic (exact) mass is 618 g/mol. The van der Waals surface area contributed by atoms with E-state index in [1.165, 1.54) is 31.0 Å². The Morgan fingerprint density at radius 1 is 1.09 bits per heavy atom. The molecule has 0 saturated heterocycles. The van der Waals surface area contributed by atoms with E-state index in [0.29, 0.717) is 39.9 Å². The van der Waals surface area contributed by atoms with Crippen molar-refractivity contribution in [3.63, 3.8) is 0 Å². The number of carbonyl (C=O) groups is 2. The zero-order valence-corrected chi connectivity index (χ0v) is 23.6. The number of amides is 1. The fraction of sp³-hybridized carbons (Fsp3) is 0.267. The first-order chi connectivity index (χ1) is 20.7. The fourth-order valence-corrected chi connectivity index (χ4v) is 4.75. The van der Waals surface area contributed by atoms with Crippen LogP contribution >= 0.6 is 0 Å². The number of anilines is 1. The minimum atomic E-state index is -4.69. The van der Waals surface area contributed by atoms with Crippen molar-refractivity contribution in [1.82, 2.24) is 14.9 Å². The van der Waals surface area contributed by atoms with E-state index in [4.69, 9.17) is 4.74 Å². The number of aromatic nitrogens is 2. The zero-order chi connectivity index (χ0) is 32.3. The third kappa shape index (κ3) is 6.63. The maximum Gasteiger partial charge on any atom is 0.408 e. The van der Waals surface area contributed by atoms with Gasteiger partial charge in [-0.2, -0.15) is 13.2 Å². The number of aryl methyl sites for hydroxylation is 1. The van der Waals surface area contributed by atoms with Crippen LogP contribution in [0.25, 0.3) is 22.0 Å². The van der Waals surface area contributed by atoms with Crippen molar-refractivity contribution in [3.8, 4) is 16.9 Å². The van der Waals surface area contributed by atoms with Crippen LogP contribution in [0.5, 0.6) is 5.75 Å². The lowest BCUT2D eigenvalue weighted by Gasteiger charge is -2.22. The summed E-state index contributed by atoms with van der Waals surface area (Å²) in [6.07, 6.45) is -2.45. The van der Waals surface area contributed by atoms with Gasteiger partial charge in [-0.3, -0.25) is 14.6 Å². The number of fused-ring (bicyclic) bond motifs is 1. The van der Waals surface area contributed by atoms with E-state index in [9.17, 15) is 41.4 Å². The molecule has 0 fully saturated rings. The predicted molar refractivity (Wildman–Crippen MR) is 152 cm³/mol. The molecule has 232 valence electrons. The van der Waals surface area contributed by atoms with Crippen LogP contribution in [-0.2, 0) is 18.3 Å². The lowest BCUT2D eigenvalue weighted by Crippen LogP contribution is -2.43. The summed E-state index contributed by atoms with van der Waals surface area (Å²) in [7, 11) is 3.00. The highest BCUT2D eigenvalue weighted by Crippen LogP contribution is 2.31. The summed E-state index contributed by atoms with van der Waals surface area (Å²) < 4.78 is 75.5. The van der Waals surface area contributed by atoms with Crippen molar-refractivity contribution in [1.29, 1.82) is 0 Å². The highest BCUT2D eigenvalue weighted by molar-refractivity contribution is 5.98. The molecule has 44 heavy (non-hydrogen) atoms. The van der Waals surface area contributed by atoms with E-state index in [1.807, 2.05) is 5.32 Å². The Bertz CT molecular complexity index is 1770. The normalized spacial score (nSPS) is 12.9. The van der Waals surface area contributed by atoms with E-state index in [1.54, 1.807) is 37.4 Å². The van der Waals surface area contributed by atoms with Crippen LogP contribution in [0.2, 0.25) is 0 Å². The molecule has 9 nitrogen and oxygen atoms in total. The van der Waals surface area contributed by atoms with Crippen molar-refractivity contribution >= 4 is 28.5 Å². The Hall–Kier alpha value is -5.01. The number of nitrogens with zero attached hydrogens (tertiary/aromatic N) is 2. The molecule has 2 heterocycles. The second-order valence-corrected chi connectivity index (χ2v) is 9.91. The first-order valence-electron chi connectivity index (χ1n) is 13.2. The Morgan fingerprint density at radius 3 is 2.36 bits per heavy atom. The number of ether oxygens (including phenoxy) is 1. The average Bonchev–Trinajstić information content (AvgIpc) is 2.96. The molecule has 2 aromatic heterocycles. The van der Waals surface area contributed by atoms with E-state index in [2.05, 4.69) is 10.3 Å². The SMILES string of the molecule is CC[C@@H](Nc1cc(F)c(C(=O)N[C@@H](Cc2ccc(-c3cc(OC)cn(C)c3=O)c3ncccc23)C(=O)O)c(F)c1)C(F)(F)F. The van der Waals surface area contributed by atoms with E-state index < -0.39 is 59.4 Å². The summed E-state index contributed by atoms with van der Waals surface area (Å²) in [6.45, 7) is 1.23. The van der Waals surface area contributed by atoms with Crippen LogP contribution in [0.3, 0.4) is 0 Å². The molecule has 0 spiro atoms. The number of halogens is 5. The number of benzene rings is 2. The first kappa shape index (κ1) is 31.9. The van der Waals surface area contributed by atoms with Crippen LogP contribution in [-0.4, -0.2) is 51.9 Å². The number of hydrogen-bond acceptors (Lipinski definition) is 6. The van der Waals surface area contributed by atoms with Gasteiger partial charge in [0.05, 0.1) is 18.2 Å². The van der Waals surface area contributed by atoms with Crippen molar-refractivity contribution < 1.29 is 41.4 Å². The quantitative estimate of drug-likeness (QED) is 0.212. The highest BCUT2D eigenvalue weighted by Gasteiger charge is 2.38. The zero-order valence-electron chi connectivity index (χ0n) is 23.6. The molecule has 3 N–H and O–H groups in total. The Labute approximate surface area is 247 Å². The Kier molecular flexibility index (Phi) is 9.21.